The average molecular weight is 400 g/mol. The summed E-state index contributed by atoms with van der Waals surface area (Å²) >= 11 is -0.141. The summed E-state index contributed by atoms with van der Waals surface area (Å²) in [6, 6.07) is 19.8. The third-order valence-corrected chi connectivity index (χ3v) is 5.01. The molecule has 0 aliphatic rings. The van der Waals surface area contributed by atoms with Gasteiger partial charge in [0.25, 0.3) is 0 Å². The van der Waals surface area contributed by atoms with Crippen molar-refractivity contribution in [2.24, 2.45) is 0 Å². The van der Waals surface area contributed by atoms with E-state index in [0.717, 1.165) is 11.1 Å². The molecule has 0 aliphatic heterocycles. The maximum absolute atomic E-state index is 13.1. The van der Waals surface area contributed by atoms with E-state index in [-0.39, 0.29) is 16.8 Å². The minimum Gasteiger partial charge on any atom is -0.497 e. The van der Waals surface area contributed by atoms with E-state index in [9.17, 15) is 13.2 Å². The van der Waals surface area contributed by atoms with Crippen LogP contribution in [0.4, 0.5) is 13.2 Å². The number of methoxy groups -OCH3 is 1. The Morgan fingerprint density at radius 3 is 2.46 bits per heavy atom. The Hall–Kier alpha value is -2.93. The number of aromatic nitrogens is 2. The van der Waals surface area contributed by atoms with Gasteiger partial charge in [0.05, 0.1) is 17.7 Å². The second-order valence-corrected chi connectivity index (χ2v) is 7.14. The molecule has 0 aliphatic carbocycles. The van der Waals surface area contributed by atoms with E-state index in [1.807, 2.05) is 42.5 Å². The van der Waals surface area contributed by atoms with Crippen LogP contribution in [0, 0.1) is 0 Å². The van der Waals surface area contributed by atoms with E-state index in [1.165, 1.54) is 10.6 Å². The first kappa shape index (κ1) is 18.4. The molecule has 0 spiro atoms. The van der Waals surface area contributed by atoms with Crippen LogP contribution in [-0.2, 0) is 0 Å². The van der Waals surface area contributed by atoms with Crippen LogP contribution < -0.4 is 4.74 Å². The van der Waals surface area contributed by atoms with Crippen molar-refractivity contribution in [3.8, 4) is 22.7 Å². The van der Waals surface area contributed by atoms with E-state index in [4.69, 9.17) is 4.74 Å². The zero-order valence-corrected chi connectivity index (χ0v) is 15.6. The monoisotopic (exact) mass is 400 g/mol. The number of hydrogen-bond donors (Lipinski definition) is 0. The molecule has 4 aromatic rings. The Kier molecular flexibility index (Phi) is 4.77. The number of nitrogens with zero attached hydrogens (tertiary/aromatic N) is 2. The summed E-state index contributed by atoms with van der Waals surface area (Å²) in [5.74, 6) is 1.15. The third kappa shape index (κ3) is 3.71. The highest BCUT2D eigenvalue weighted by molar-refractivity contribution is 8.00. The lowest BCUT2D eigenvalue weighted by atomic mass is 10.0. The fourth-order valence-corrected chi connectivity index (χ4v) is 3.78. The van der Waals surface area contributed by atoms with Crippen molar-refractivity contribution in [1.29, 1.82) is 0 Å². The molecule has 2 heterocycles. The minimum atomic E-state index is -4.39. The molecular formula is C21H15F3N2OS. The first-order valence-corrected chi connectivity index (χ1v) is 9.23. The number of ether oxygens (including phenoxy) is 1. The van der Waals surface area contributed by atoms with Crippen LogP contribution in [0.15, 0.2) is 78.0 Å². The van der Waals surface area contributed by atoms with Gasteiger partial charge in [0.2, 0.25) is 0 Å². The summed E-state index contributed by atoms with van der Waals surface area (Å²) in [5.41, 5.74) is -1.94. The number of pyridine rings is 1. The van der Waals surface area contributed by atoms with Crippen molar-refractivity contribution in [2.75, 3.05) is 7.11 Å². The lowest BCUT2D eigenvalue weighted by Gasteiger charge is -2.11. The fourth-order valence-electron chi connectivity index (χ4n) is 3.07. The molecule has 0 bridgehead atoms. The van der Waals surface area contributed by atoms with Crippen molar-refractivity contribution in [3.05, 3.63) is 72.9 Å². The van der Waals surface area contributed by atoms with Crippen molar-refractivity contribution in [2.45, 2.75) is 10.5 Å². The van der Waals surface area contributed by atoms with Gasteiger partial charge in [0, 0.05) is 23.3 Å². The van der Waals surface area contributed by atoms with Crippen molar-refractivity contribution in [1.82, 2.24) is 9.55 Å². The molecule has 0 amide bonds. The van der Waals surface area contributed by atoms with E-state index in [0.29, 0.717) is 22.5 Å². The number of hydrogen-bond acceptors (Lipinski definition) is 3. The van der Waals surface area contributed by atoms with Gasteiger partial charge in [-0.1, -0.05) is 30.3 Å². The normalized spacial score (nSPS) is 11.7. The summed E-state index contributed by atoms with van der Waals surface area (Å²) in [4.78, 5) is 4.25. The van der Waals surface area contributed by atoms with Crippen LogP contribution in [0.1, 0.15) is 0 Å². The first-order chi connectivity index (χ1) is 13.4. The Morgan fingerprint density at radius 2 is 1.75 bits per heavy atom. The van der Waals surface area contributed by atoms with Crippen molar-refractivity contribution < 1.29 is 17.9 Å². The first-order valence-electron chi connectivity index (χ1n) is 8.42. The van der Waals surface area contributed by atoms with Crippen LogP contribution in [0.2, 0.25) is 0 Å². The van der Waals surface area contributed by atoms with Gasteiger partial charge >= 0.3 is 5.51 Å². The molecule has 3 nitrogen and oxygen atoms in total. The van der Waals surface area contributed by atoms with Crippen LogP contribution in [0.3, 0.4) is 0 Å². The molecule has 0 N–H and O–H groups in total. The zero-order chi connectivity index (χ0) is 19.7. The van der Waals surface area contributed by atoms with Gasteiger partial charge < -0.3 is 4.74 Å². The van der Waals surface area contributed by atoms with E-state index >= 15 is 0 Å². The molecule has 0 saturated heterocycles. The van der Waals surface area contributed by atoms with E-state index < -0.39 is 5.51 Å². The maximum Gasteiger partial charge on any atom is 0.447 e. The fraction of sp³-hybridized carbons (Fsp3) is 0.0952. The van der Waals surface area contributed by atoms with Crippen LogP contribution in [0.5, 0.6) is 5.75 Å². The molecule has 0 atom stereocenters. The molecule has 0 unspecified atom stereocenters. The van der Waals surface area contributed by atoms with Gasteiger partial charge in [-0.2, -0.15) is 13.2 Å². The molecule has 2 aromatic carbocycles. The maximum atomic E-state index is 13.1. The highest BCUT2D eigenvalue weighted by atomic mass is 32.2. The lowest BCUT2D eigenvalue weighted by Crippen LogP contribution is -2.04. The summed E-state index contributed by atoms with van der Waals surface area (Å²) in [6.07, 6.45) is 1.56. The number of thioether (sulfide) groups is 1. The molecule has 0 fully saturated rings. The number of halogens is 3. The van der Waals surface area contributed by atoms with Crippen LogP contribution in [0.25, 0.3) is 27.8 Å². The Morgan fingerprint density at radius 1 is 0.929 bits per heavy atom. The molecule has 4 rings (SSSR count). The third-order valence-electron chi connectivity index (χ3n) is 4.27. The van der Waals surface area contributed by atoms with Gasteiger partial charge in [-0.25, -0.2) is 4.98 Å². The standard InChI is InChI=1S/C21H15F3N2OS/c1-27-17-6-4-5-14(11-17)15-8-9-16-13-20(28-21(22,23)24)26(18(16)12-15)19-7-2-3-10-25-19/h2-13H,1H3. The topological polar surface area (TPSA) is 27.1 Å². The summed E-state index contributed by atoms with van der Waals surface area (Å²) in [7, 11) is 1.59. The summed E-state index contributed by atoms with van der Waals surface area (Å²) in [5, 5.41) is 0.785. The molecular weight excluding hydrogens is 385 g/mol. The highest BCUT2D eigenvalue weighted by Crippen LogP contribution is 2.41. The van der Waals surface area contributed by atoms with Gasteiger partial charge in [0.1, 0.15) is 11.6 Å². The number of benzene rings is 2. The van der Waals surface area contributed by atoms with Gasteiger partial charge in [0.15, 0.2) is 0 Å². The van der Waals surface area contributed by atoms with Gasteiger partial charge in [-0.05, 0) is 47.5 Å². The molecule has 142 valence electrons. The second kappa shape index (κ2) is 7.24. The second-order valence-electron chi connectivity index (χ2n) is 6.06. The van der Waals surface area contributed by atoms with Crippen molar-refractivity contribution in [3.63, 3.8) is 0 Å². The predicted molar refractivity (Wildman–Crippen MR) is 105 cm³/mol. The van der Waals surface area contributed by atoms with Crippen LogP contribution >= 0.6 is 11.8 Å². The Labute approximate surface area is 163 Å². The largest absolute Gasteiger partial charge is 0.497 e. The highest BCUT2D eigenvalue weighted by Gasteiger charge is 2.32. The van der Waals surface area contributed by atoms with Gasteiger partial charge in [-0.3, -0.25) is 4.57 Å². The molecule has 0 radical (unpaired) electrons. The summed E-state index contributed by atoms with van der Waals surface area (Å²) < 4.78 is 46.1. The Balaban J connectivity index is 1.92. The minimum absolute atomic E-state index is 0.0731. The number of alkyl halides is 3. The molecule has 7 heteroatoms. The van der Waals surface area contributed by atoms with Gasteiger partial charge in [-0.15, -0.1) is 0 Å². The van der Waals surface area contributed by atoms with Crippen molar-refractivity contribution >= 4 is 22.7 Å². The van der Waals surface area contributed by atoms with Crippen LogP contribution in [-0.4, -0.2) is 22.2 Å². The van der Waals surface area contributed by atoms with E-state index in [1.54, 1.807) is 31.5 Å². The SMILES string of the molecule is COc1cccc(-c2ccc3cc(SC(F)(F)F)n(-c4ccccn4)c3c2)c1. The lowest BCUT2D eigenvalue weighted by molar-refractivity contribution is -0.0329. The molecule has 0 saturated carbocycles. The molecule has 2 aromatic heterocycles. The average Bonchev–Trinajstić information content (AvgIpc) is 3.03. The zero-order valence-electron chi connectivity index (χ0n) is 14.8. The summed E-state index contributed by atoms with van der Waals surface area (Å²) in [6.45, 7) is 0. The smallest absolute Gasteiger partial charge is 0.447 e. The number of fused-ring (bicyclic) bond motifs is 1. The Bertz CT molecular complexity index is 1120. The van der Waals surface area contributed by atoms with E-state index in [2.05, 4.69) is 4.98 Å². The number of rotatable bonds is 4. The molecule has 28 heavy (non-hydrogen) atoms. The quantitative estimate of drug-likeness (QED) is 0.376. The predicted octanol–water partition coefficient (Wildman–Crippen LogP) is 6.31.